The van der Waals surface area contributed by atoms with Crippen LogP contribution in [-0.4, -0.2) is 49.1 Å². The molecule has 26 heavy (non-hydrogen) atoms. The lowest BCUT2D eigenvalue weighted by atomic mass is 10.0. The van der Waals surface area contributed by atoms with Gasteiger partial charge in [0.25, 0.3) is 0 Å². The molecule has 0 N–H and O–H groups in total. The summed E-state index contributed by atoms with van der Waals surface area (Å²) in [5, 5.41) is 0. The number of nitrogens with zero attached hydrogens (tertiary/aromatic N) is 1. The zero-order valence-electron chi connectivity index (χ0n) is 15.3. The first-order chi connectivity index (χ1) is 12.1. The second-order valence-corrected chi connectivity index (χ2v) is 10.6. The standard InChI is InChI=1S/C19H25NO5S/c1-18(2,3)25-17(22)20-11-14-9-19(13-21,10-15(14)12-20)26(23,24)16-7-5-4-6-8-16/h4-8,13-15H,9-12H2,1-3H3/t14-,15+,19?. The molecule has 2 fully saturated rings. The fourth-order valence-electron chi connectivity index (χ4n) is 4.06. The predicted molar refractivity (Wildman–Crippen MR) is 96.4 cm³/mol. The highest BCUT2D eigenvalue weighted by atomic mass is 32.2. The van der Waals surface area contributed by atoms with Crippen LogP contribution >= 0.6 is 0 Å². The number of hydrogen-bond donors (Lipinski definition) is 0. The maximum Gasteiger partial charge on any atom is 0.410 e. The highest BCUT2D eigenvalue weighted by Gasteiger charge is 2.57. The van der Waals surface area contributed by atoms with Crippen molar-refractivity contribution in [3.8, 4) is 0 Å². The van der Waals surface area contributed by atoms with Crippen LogP contribution in [0, 0.1) is 11.8 Å². The summed E-state index contributed by atoms with van der Waals surface area (Å²) < 4.78 is 30.2. The molecule has 6 nitrogen and oxygen atoms in total. The maximum absolute atomic E-state index is 13.1. The third-order valence-electron chi connectivity index (χ3n) is 5.25. The van der Waals surface area contributed by atoms with Gasteiger partial charge in [0.15, 0.2) is 9.84 Å². The van der Waals surface area contributed by atoms with Crippen molar-refractivity contribution in [2.24, 2.45) is 11.8 Å². The van der Waals surface area contributed by atoms with Gasteiger partial charge in [-0.05, 0) is 57.6 Å². The summed E-state index contributed by atoms with van der Waals surface area (Å²) >= 11 is 0. The molecule has 1 saturated heterocycles. The van der Waals surface area contributed by atoms with Crippen molar-refractivity contribution in [1.29, 1.82) is 0 Å². The number of ether oxygens (including phenoxy) is 1. The van der Waals surface area contributed by atoms with Gasteiger partial charge in [0.1, 0.15) is 16.6 Å². The van der Waals surface area contributed by atoms with Crippen molar-refractivity contribution in [3.63, 3.8) is 0 Å². The van der Waals surface area contributed by atoms with E-state index in [-0.39, 0.29) is 35.7 Å². The van der Waals surface area contributed by atoms with E-state index in [9.17, 15) is 18.0 Å². The van der Waals surface area contributed by atoms with Crippen LogP contribution in [-0.2, 0) is 19.4 Å². The minimum atomic E-state index is -3.76. The Kier molecular flexibility index (Phi) is 4.63. The van der Waals surface area contributed by atoms with Crippen molar-refractivity contribution in [1.82, 2.24) is 4.90 Å². The average Bonchev–Trinajstić information content (AvgIpc) is 3.11. The molecule has 0 radical (unpaired) electrons. The van der Waals surface area contributed by atoms with E-state index in [1.54, 1.807) is 23.1 Å². The van der Waals surface area contributed by atoms with Crippen LogP contribution in [0.25, 0.3) is 0 Å². The Bertz CT molecular complexity index is 783. The molecule has 1 unspecified atom stereocenters. The van der Waals surface area contributed by atoms with E-state index in [0.29, 0.717) is 19.4 Å². The Hall–Kier alpha value is -1.89. The lowest BCUT2D eigenvalue weighted by molar-refractivity contribution is -0.110. The van der Waals surface area contributed by atoms with E-state index < -0.39 is 20.2 Å². The summed E-state index contributed by atoms with van der Waals surface area (Å²) in [5.41, 5.74) is -0.571. The topological polar surface area (TPSA) is 80.8 Å². The molecule has 1 aromatic rings. The molecule has 0 bridgehead atoms. The van der Waals surface area contributed by atoms with Gasteiger partial charge < -0.3 is 14.4 Å². The molecule has 1 aromatic carbocycles. The number of carbonyl (C=O) groups excluding carboxylic acids is 2. The van der Waals surface area contributed by atoms with E-state index in [0.717, 1.165) is 0 Å². The van der Waals surface area contributed by atoms with Gasteiger partial charge in [-0.1, -0.05) is 18.2 Å². The minimum Gasteiger partial charge on any atom is -0.444 e. The molecule has 1 saturated carbocycles. The summed E-state index contributed by atoms with van der Waals surface area (Å²) in [6, 6.07) is 8.12. The summed E-state index contributed by atoms with van der Waals surface area (Å²) in [6.07, 6.45) is 0.718. The molecule has 1 amide bonds. The van der Waals surface area contributed by atoms with Crippen molar-refractivity contribution in [2.75, 3.05) is 13.1 Å². The number of fused-ring (bicyclic) bond motifs is 1. The van der Waals surface area contributed by atoms with Gasteiger partial charge in [-0.2, -0.15) is 0 Å². The molecular weight excluding hydrogens is 354 g/mol. The first-order valence-corrected chi connectivity index (χ1v) is 10.3. The molecule has 1 aliphatic heterocycles. The van der Waals surface area contributed by atoms with Crippen LogP contribution in [0.15, 0.2) is 35.2 Å². The van der Waals surface area contributed by atoms with E-state index >= 15 is 0 Å². The quantitative estimate of drug-likeness (QED) is 0.754. The third kappa shape index (κ3) is 3.24. The molecule has 0 spiro atoms. The summed E-state index contributed by atoms with van der Waals surface area (Å²) in [7, 11) is -3.76. The number of benzene rings is 1. The zero-order valence-corrected chi connectivity index (χ0v) is 16.2. The Morgan fingerprint density at radius 1 is 1.15 bits per heavy atom. The first kappa shape index (κ1) is 18.9. The molecular formula is C19H25NO5S. The van der Waals surface area contributed by atoms with Gasteiger partial charge in [-0.25, -0.2) is 13.2 Å². The molecule has 3 atom stereocenters. The van der Waals surface area contributed by atoms with E-state index in [4.69, 9.17) is 4.74 Å². The zero-order chi connectivity index (χ0) is 19.2. The molecule has 1 heterocycles. The number of likely N-dealkylation sites (tertiary alicyclic amines) is 1. The molecule has 2 aliphatic rings. The van der Waals surface area contributed by atoms with Gasteiger partial charge in [-0.15, -0.1) is 0 Å². The number of hydrogen-bond acceptors (Lipinski definition) is 5. The number of rotatable bonds is 3. The highest BCUT2D eigenvalue weighted by molar-refractivity contribution is 7.93. The Balaban J connectivity index is 1.77. The summed E-state index contributed by atoms with van der Waals surface area (Å²) in [5.74, 6) is -0.0163. The van der Waals surface area contributed by atoms with Crippen molar-refractivity contribution in [3.05, 3.63) is 30.3 Å². The summed E-state index contributed by atoms with van der Waals surface area (Å²) in [6.45, 7) is 6.29. The maximum atomic E-state index is 13.1. The van der Waals surface area contributed by atoms with Gasteiger partial charge >= 0.3 is 6.09 Å². The lowest BCUT2D eigenvalue weighted by Gasteiger charge is -2.27. The third-order valence-corrected chi connectivity index (χ3v) is 7.64. The van der Waals surface area contributed by atoms with Crippen molar-refractivity contribution in [2.45, 2.75) is 48.9 Å². The van der Waals surface area contributed by atoms with E-state index in [1.165, 1.54) is 12.1 Å². The number of carbonyl (C=O) groups is 2. The van der Waals surface area contributed by atoms with Crippen LogP contribution in [0.4, 0.5) is 4.79 Å². The van der Waals surface area contributed by atoms with Gasteiger partial charge in [0.05, 0.1) is 4.90 Å². The number of amides is 1. The Labute approximate surface area is 154 Å². The Morgan fingerprint density at radius 3 is 2.15 bits per heavy atom. The first-order valence-electron chi connectivity index (χ1n) is 8.82. The molecule has 7 heteroatoms. The van der Waals surface area contributed by atoms with E-state index in [2.05, 4.69) is 0 Å². The van der Waals surface area contributed by atoms with Crippen LogP contribution in [0.2, 0.25) is 0 Å². The Morgan fingerprint density at radius 2 is 1.69 bits per heavy atom. The molecule has 3 rings (SSSR count). The smallest absolute Gasteiger partial charge is 0.410 e. The second-order valence-electron chi connectivity index (χ2n) is 8.31. The largest absolute Gasteiger partial charge is 0.444 e. The van der Waals surface area contributed by atoms with E-state index in [1.807, 2.05) is 20.8 Å². The predicted octanol–water partition coefficient (Wildman–Crippen LogP) is 2.67. The van der Waals surface area contributed by atoms with Gasteiger partial charge in [0.2, 0.25) is 0 Å². The van der Waals surface area contributed by atoms with Crippen LogP contribution in [0.5, 0.6) is 0 Å². The van der Waals surface area contributed by atoms with Crippen LogP contribution in [0.3, 0.4) is 0 Å². The SMILES string of the molecule is CC(C)(C)OC(=O)N1C[C@@H]2CC(C=O)(S(=O)(=O)c3ccccc3)C[C@@H]2C1. The average molecular weight is 379 g/mol. The molecule has 1 aliphatic carbocycles. The van der Waals surface area contributed by atoms with Crippen LogP contribution < -0.4 is 0 Å². The normalized spacial score (nSPS) is 28.7. The molecule has 0 aromatic heterocycles. The van der Waals surface area contributed by atoms with Gasteiger partial charge in [0, 0.05) is 13.1 Å². The fourth-order valence-corrected chi connectivity index (χ4v) is 6.04. The van der Waals surface area contributed by atoms with Crippen LogP contribution in [0.1, 0.15) is 33.6 Å². The van der Waals surface area contributed by atoms with Gasteiger partial charge in [-0.3, -0.25) is 0 Å². The number of sulfone groups is 1. The monoisotopic (exact) mass is 379 g/mol. The fraction of sp³-hybridized carbons (Fsp3) is 0.579. The second kappa shape index (κ2) is 6.37. The summed E-state index contributed by atoms with van der Waals surface area (Å²) in [4.78, 5) is 26.0. The number of aldehydes is 1. The minimum absolute atomic E-state index is 0.00814. The lowest BCUT2D eigenvalue weighted by Crippen LogP contribution is -2.41. The van der Waals surface area contributed by atoms with Crippen molar-refractivity contribution < 1.29 is 22.7 Å². The highest BCUT2D eigenvalue weighted by Crippen LogP contribution is 2.48. The molecule has 142 valence electrons. The van der Waals surface area contributed by atoms with Crippen molar-refractivity contribution >= 4 is 22.2 Å².